The van der Waals surface area contributed by atoms with E-state index >= 15 is 0 Å². The zero-order chi connectivity index (χ0) is 18.9. The maximum absolute atomic E-state index is 12.4. The van der Waals surface area contributed by atoms with Crippen molar-refractivity contribution in [1.29, 1.82) is 0 Å². The summed E-state index contributed by atoms with van der Waals surface area (Å²) in [6.07, 6.45) is 1.57. The number of furan rings is 1. The van der Waals surface area contributed by atoms with Crippen molar-refractivity contribution in [3.63, 3.8) is 0 Å². The van der Waals surface area contributed by atoms with Crippen LogP contribution in [0, 0.1) is 0 Å². The Labute approximate surface area is 160 Å². The van der Waals surface area contributed by atoms with Crippen LogP contribution in [-0.2, 0) is 4.79 Å². The lowest BCUT2D eigenvalue weighted by atomic mass is 10.0. The molecule has 0 atom stereocenters. The van der Waals surface area contributed by atoms with Gasteiger partial charge in [0.2, 0.25) is 17.6 Å². The zero-order valence-corrected chi connectivity index (χ0v) is 15.0. The largest absolute Gasteiger partial charge is 0.461 e. The third kappa shape index (κ3) is 3.16. The summed E-state index contributed by atoms with van der Waals surface area (Å²) >= 11 is 0. The quantitative estimate of drug-likeness (QED) is 0.575. The van der Waals surface area contributed by atoms with E-state index in [-0.39, 0.29) is 11.8 Å². The van der Waals surface area contributed by atoms with Crippen LogP contribution in [0.3, 0.4) is 0 Å². The average Bonchev–Trinajstić information content (AvgIpc) is 3.36. The van der Waals surface area contributed by atoms with Crippen molar-refractivity contribution in [2.75, 3.05) is 25.0 Å². The number of carbonyl (C=O) groups is 1. The van der Waals surface area contributed by atoms with Gasteiger partial charge < -0.3 is 14.3 Å². The van der Waals surface area contributed by atoms with Crippen molar-refractivity contribution in [1.82, 2.24) is 15.0 Å². The molecular formula is C21H18N4O3. The van der Waals surface area contributed by atoms with Gasteiger partial charge in [-0.05, 0) is 23.6 Å². The molecule has 4 aromatic rings. The summed E-state index contributed by atoms with van der Waals surface area (Å²) in [5.41, 5.74) is 0.833. The number of nitrogens with zero attached hydrogens (tertiary/aromatic N) is 3. The van der Waals surface area contributed by atoms with Gasteiger partial charge in [-0.2, -0.15) is 4.98 Å². The van der Waals surface area contributed by atoms with Gasteiger partial charge in [-0.1, -0.05) is 41.6 Å². The van der Waals surface area contributed by atoms with Gasteiger partial charge in [0.05, 0.1) is 18.7 Å². The normalized spacial score (nSPS) is 14.9. The molecule has 1 aliphatic rings. The van der Waals surface area contributed by atoms with Crippen molar-refractivity contribution >= 4 is 22.4 Å². The Morgan fingerprint density at radius 3 is 2.82 bits per heavy atom. The van der Waals surface area contributed by atoms with Crippen LogP contribution in [0.15, 0.2) is 69.8 Å². The van der Waals surface area contributed by atoms with Gasteiger partial charge in [0.1, 0.15) is 0 Å². The Morgan fingerprint density at radius 1 is 1.11 bits per heavy atom. The molecule has 2 aromatic heterocycles. The SMILES string of the molecule is O=C(CN1CC(c2nc(-c3ccco3)no2)C1)Nc1cccc2ccccc12. The number of carbonyl (C=O) groups excluding carboxylic acids is 1. The lowest BCUT2D eigenvalue weighted by molar-refractivity contribution is -0.118. The van der Waals surface area contributed by atoms with E-state index in [2.05, 4.69) is 20.4 Å². The molecule has 0 saturated carbocycles. The number of hydrogen-bond acceptors (Lipinski definition) is 6. The summed E-state index contributed by atoms with van der Waals surface area (Å²) in [6.45, 7) is 1.75. The topological polar surface area (TPSA) is 84.4 Å². The lowest BCUT2D eigenvalue weighted by Crippen LogP contribution is -2.48. The molecule has 3 heterocycles. The summed E-state index contributed by atoms with van der Waals surface area (Å²) in [4.78, 5) is 18.9. The number of amides is 1. The van der Waals surface area contributed by atoms with Crippen molar-refractivity contribution in [2.24, 2.45) is 0 Å². The molecule has 28 heavy (non-hydrogen) atoms. The first-order valence-corrected chi connectivity index (χ1v) is 9.14. The molecule has 0 spiro atoms. The van der Waals surface area contributed by atoms with E-state index in [0.717, 1.165) is 16.5 Å². The third-order valence-corrected chi connectivity index (χ3v) is 4.92. The highest BCUT2D eigenvalue weighted by atomic mass is 16.5. The van der Waals surface area contributed by atoms with Crippen LogP contribution in [0.2, 0.25) is 0 Å². The fourth-order valence-corrected chi connectivity index (χ4v) is 3.49. The first-order chi connectivity index (χ1) is 13.8. The minimum Gasteiger partial charge on any atom is -0.461 e. The van der Waals surface area contributed by atoms with Crippen molar-refractivity contribution in [3.8, 4) is 11.6 Å². The second kappa shape index (κ2) is 6.94. The van der Waals surface area contributed by atoms with Crippen molar-refractivity contribution < 1.29 is 13.7 Å². The monoisotopic (exact) mass is 374 g/mol. The maximum Gasteiger partial charge on any atom is 0.238 e. The van der Waals surface area contributed by atoms with Crippen LogP contribution in [0.1, 0.15) is 11.8 Å². The first-order valence-electron chi connectivity index (χ1n) is 9.14. The smallest absolute Gasteiger partial charge is 0.238 e. The summed E-state index contributed by atoms with van der Waals surface area (Å²) in [7, 11) is 0. The number of fused-ring (bicyclic) bond motifs is 1. The molecule has 0 unspecified atom stereocenters. The molecular weight excluding hydrogens is 356 g/mol. The number of nitrogens with one attached hydrogen (secondary N) is 1. The maximum atomic E-state index is 12.4. The van der Waals surface area contributed by atoms with Crippen LogP contribution in [0.25, 0.3) is 22.4 Å². The minimum absolute atomic E-state index is 0.0309. The zero-order valence-electron chi connectivity index (χ0n) is 15.0. The molecule has 1 aliphatic heterocycles. The molecule has 0 aliphatic carbocycles. The molecule has 0 bridgehead atoms. The van der Waals surface area contributed by atoms with Crippen LogP contribution in [-0.4, -0.2) is 40.6 Å². The number of likely N-dealkylation sites (tertiary alicyclic amines) is 1. The second-order valence-electron chi connectivity index (χ2n) is 6.90. The second-order valence-corrected chi connectivity index (χ2v) is 6.90. The van der Waals surface area contributed by atoms with Crippen LogP contribution in [0.5, 0.6) is 0 Å². The highest BCUT2D eigenvalue weighted by molar-refractivity contribution is 6.02. The Morgan fingerprint density at radius 2 is 1.96 bits per heavy atom. The predicted octanol–water partition coefficient (Wildman–Crippen LogP) is 3.52. The number of benzene rings is 2. The van der Waals surface area contributed by atoms with Gasteiger partial charge in [0.15, 0.2) is 5.76 Å². The predicted molar refractivity (Wildman–Crippen MR) is 104 cm³/mol. The molecule has 5 rings (SSSR count). The molecule has 7 heteroatoms. The number of rotatable bonds is 5. The Balaban J connectivity index is 1.18. The van der Waals surface area contributed by atoms with Crippen LogP contribution >= 0.6 is 0 Å². The number of aromatic nitrogens is 2. The van der Waals surface area contributed by atoms with Gasteiger partial charge in [-0.3, -0.25) is 9.69 Å². The van der Waals surface area contributed by atoms with Gasteiger partial charge in [0.25, 0.3) is 0 Å². The van der Waals surface area contributed by atoms with E-state index in [1.165, 1.54) is 0 Å². The van der Waals surface area contributed by atoms with E-state index in [1.807, 2.05) is 42.5 Å². The van der Waals surface area contributed by atoms with Gasteiger partial charge in [0, 0.05) is 24.2 Å². The first kappa shape index (κ1) is 16.7. The molecule has 1 N–H and O–H groups in total. The molecule has 7 nitrogen and oxygen atoms in total. The third-order valence-electron chi connectivity index (χ3n) is 4.92. The molecule has 140 valence electrons. The Bertz CT molecular complexity index is 1110. The summed E-state index contributed by atoms with van der Waals surface area (Å²) in [5.74, 6) is 1.73. The van der Waals surface area contributed by atoms with Crippen LogP contribution < -0.4 is 5.32 Å². The van der Waals surface area contributed by atoms with E-state index in [1.54, 1.807) is 18.4 Å². The lowest BCUT2D eigenvalue weighted by Gasteiger charge is -2.36. The minimum atomic E-state index is -0.0309. The molecule has 1 amide bonds. The number of hydrogen-bond donors (Lipinski definition) is 1. The van der Waals surface area contributed by atoms with Gasteiger partial charge in [-0.25, -0.2) is 0 Å². The highest BCUT2D eigenvalue weighted by Crippen LogP contribution is 2.28. The van der Waals surface area contributed by atoms with E-state index in [0.29, 0.717) is 37.1 Å². The van der Waals surface area contributed by atoms with Crippen molar-refractivity contribution in [3.05, 3.63) is 66.8 Å². The fraction of sp³-hybridized carbons (Fsp3) is 0.190. The van der Waals surface area contributed by atoms with Gasteiger partial charge >= 0.3 is 0 Å². The molecule has 2 aromatic carbocycles. The van der Waals surface area contributed by atoms with Crippen molar-refractivity contribution in [2.45, 2.75) is 5.92 Å². The number of anilines is 1. The summed E-state index contributed by atoms with van der Waals surface area (Å²) in [5, 5.41) is 9.11. The van der Waals surface area contributed by atoms with Gasteiger partial charge in [-0.15, -0.1) is 0 Å². The molecule has 0 radical (unpaired) electrons. The Kier molecular flexibility index (Phi) is 4.14. The van der Waals surface area contributed by atoms with E-state index < -0.39 is 0 Å². The average molecular weight is 374 g/mol. The van der Waals surface area contributed by atoms with E-state index in [4.69, 9.17) is 8.94 Å². The summed E-state index contributed by atoms with van der Waals surface area (Å²) < 4.78 is 10.6. The van der Waals surface area contributed by atoms with E-state index in [9.17, 15) is 4.79 Å². The fourth-order valence-electron chi connectivity index (χ4n) is 3.49. The standard InChI is InChI=1S/C21H18N4O3/c26-19(22-17-8-3-6-14-5-1-2-7-16(14)17)13-25-11-15(12-25)21-23-20(24-28-21)18-9-4-10-27-18/h1-10,15H,11-13H2,(H,22,26). The van der Waals surface area contributed by atoms with Crippen LogP contribution in [0.4, 0.5) is 5.69 Å². The molecule has 1 fully saturated rings. The highest BCUT2D eigenvalue weighted by Gasteiger charge is 2.33. The summed E-state index contributed by atoms with van der Waals surface area (Å²) in [6, 6.07) is 17.5. The Hall–Kier alpha value is -3.45. The molecule has 1 saturated heterocycles.